The van der Waals surface area contributed by atoms with Gasteiger partial charge in [0.05, 0.1) is 6.54 Å². The van der Waals surface area contributed by atoms with E-state index in [9.17, 15) is 4.39 Å². The van der Waals surface area contributed by atoms with Crippen LogP contribution in [0.4, 0.5) is 4.39 Å². The fourth-order valence-electron chi connectivity index (χ4n) is 1.86. The lowest BCUT2D eigenvalue weighted by atomic mass is 10.2. The molecular weight excluding hydrogens is 412 g/mol. The predicted octanol–water partition coefficient (Wildman–Crippen LogP) is 3.80. The largest absolute Gasteiger partial charge is 0.357 e. The van der Waals surface area contributed by atoms with Crippen molar-refractivity contribution in [2.45, 2.75) is 19.9 Å². The molecule has 0 bridgehead atoms. The Bertz CT molecular complexity index is 555. The maximum atomic E-state index is 12.8. The van der Waals surface area contributed by atoms with Crippen molar-refractivity contribution in [3.8, 4) is 0 Å². The SMILES string of the molecule is CCNC(=NCc1ccc(F)cc1)NCCc1cccs1.I. The molecule has 1 aromatic carbocycles. The van der Waals surface area contributed by atoms with E-state index < -0.39 is 0 Å². The fourth-order valence-corrected chi connectivity index (χ4v) is 2.57. The Morgan fingerprint density at radius 3 is 2.59 bits per heavy atom. The van der Waals surface area contributed by atoms with Crippen LogP contribution in [0.15, 0.2) is 46.8 Å². The molecule has 1 aromatic heterocycles. The van der Waals surface area contributed by atoms with Crippen LogP contribution in [0.5, 0.6) is 0 Å². The Balaban J connectivity index is 0.00000242. The van der Waals surface area contributed by atoms with Gasteiger partial charge in [-0.05, 0) is 42.5 Å². The van der Waals surface area contributed by atoms with Gasteiger partial charge >= 0.3 is 0 Å². The zero-order valence-corrected chi connectivity index (χ0v) is 15.7. The zero-order valence-electron chi connectivity index (χ0n) is 12.5. The average molecular weight is 433 g/mol. The van der Waals surface area contributed by atoms with Crippen LogP contribution < -0.4 is 10.6 Å². The quantitative estimate of drug-likeness (QED) is 0.413. The van der Waals surface area contributed by atoms with Gasteiger partial charge in [-0.25, -0.2) is 9.38 Å². The summed E-state index contributed by atoms with van der Waals surface area (Å²) in [6, 6.07) is 10.6. The van der Waals surface area contributed by atoms with E-state index in [2.05, 4.69) is 33.1 Å². The molecule has 2 N–H and O–H groups in total. The summed E-state index contributed by atoms with van der Waals surface area (Å²) in [7, 11) is 0. The molecule has 2 rings (SSSR count). The molecule has 22 heavy (non-hydrogen) atoms. The lowest BCUT2D eigenvalue weighted by molar-refractivity contribution is 0.627. The number of guanidine groups is 1. The normalized spacial score (nSPS) is 10.9. The van der Waals surface area contributed by atoms with Crippen molar-refractivity contribution >= 4 is 41.3 Å². The third-order valence-electron chi connectivity index (χ3n) is 2.92. The Hall–Kier alpha value is -1.15. The van der Waals surface area contributed by atoms with Crippen molar-refractivity contribution in [3.63, 3.8) is 0 Å². The summed E-state index contributed by atoms with van der Waals surface area (Å²) in [5.74, 6) is 0.571. The summed E-state index contributed by atoms with van der Waals surface area (Å²) in [6.45, 7) is 4.23. The van der Waals surface area contributed by atoms with Gasteiger partial charge in [0.1, 0.15) is 5.82 Å². The number of rotatable bonds is 6. The second-order valence-corrected chi connectivity index (χ2v) is 5.61. The second kappa shape index (κ2) is 10.6. The average Bonchev–Trinajstić information content (AvgIpc) is 3.00. The number of aliphatic imine (C=N–C) groups is 1. The minimum atomic E-state index is -0.219. The molecule has 0 amide bonds. The summed E-state index contributed by atoms with van der Waals surface area (Å²) in [4.78, 5) is 5.87. The van der Waals surface area contributed by atoms with Crippen molar-refractivity contribution in [1.82, 2.24) is 10.6 Å². The van der Waals surface area contributed by atoms with Crippen LogP contribution in [-0.2, 0) is 13.0 Å². The summed E-state index contributed by atoms with van der Waals surface area (Å²) >= 11 is 1.76. The van der Waals surface area contributed by atoms with Gasteiger partial charge < -0.3 is 10.6 Å². The molecule has 0 aliphatic rings. The first-order chi connectivity index (χ1) is 10.3. The van der Waals surface area contributed by atoms with Crippen LogP contribution in [0.3, 0.4) is 0 Å². The van der Waals surface area contributed by atoms with E-state index in [0.29, 0.717) is 6.54 Å². The summed E-state index contributed by atoms with van der Waals surface area (Å²) in [6.07, 6.45) is 0.985. The number of benzene rings is 1. The topological polar surface area (TPSA) is 36.4 Å². The summed E-state index contributed by atoms with van der Waals surface area (Å²) in [5.41, 5.74) is 0.992. The smallest absolute Gasteiger partial charge is 0.191 e. The number of nitrogens with one attached hydrogen (secondary N) is 2. The molecule has 6 heteroatoms. The van der Waals surface area contributed by atoms with E-state index in [4.69, 9.17) is 0 Å². The molecule has 0 spiro atoms. The van der Waals surface area contributed by atoms with Crippen molar-refractivity contribution in [1.29, 1.82) is 0 Å². The van der Waals surface area contributed by atoms with Gasteiger partial charge in [-0.1, -0.05) is 18.2 Å². The highest BCUT2D eigenvalue weighted by Crippen LogP contribution is 2.08. The van der Waals surface area contributed by atoms with Crippen LogP contribution in [0.1, 0.15) is 17.4 Å². The molecular formula is C16H21FIN3S. The van der Waals surface area contributed by atoms with Gasteiger partial charge in [0, 0.05) is 18.0 Å². The number of hydrogen-bond acceptors (Lipinski definition) is 2. The first-order valence-electron chi connectivity index (χ1n) is 7.07. The molecule has 1 heterocycles. The first kappa shape index (κ1) is 18.9. The van der Waals surface area contributed by atoms with E-state index in [1.807, 2.05) is 6.92 Å². The summed E-state index contributed by atoms with van der Waals surface area (Å²) < 4.78 is 12.8. The molecule has 0 radical (unpaired) electrons. The Labute approximate surface area is 152 Å². The number of thiophene rings is 1. The highest BCUT2D eigenvalue weighted by Gasteiger charge is 1.99. The molecule has 2 aromatic rings. The van der Waals surface area contributed by atoms with Gasteiger partial charge in [-0.15, -0.1) is 35.3 Å². The maximum Gasteiger partial charge on any atom is 0.191 e. The minimum absolute atomic E-state index is 0. The van der Waals surface area contributed by atoms with Gasteiger partial charge in [-0.2, -0.15) is 0 Å². The van der Waals surface area contributed by atoms with Crippen molar-refractivity contribution < 1.29 is 4.39 Å². The Morgan fingerprint density at radius 1 is 1.18 bits per heavy atom. The number of hydrogen-bond donors (Lipinski definition) is 2. The standard InChI is InChI=1S/C16H20FN3S.HI/c1-2-18-16(19-10-9-15-4-3-11-21-15)20-12-13-5-7-14(17)8-6-13;/h3-8,11H,2,9-10,12H2,1H3,(H2,18,19,20);1H. The monoisotopic (exact) mass is 433 g/mol. The second-order valence-electron chi connectivity index (χ2n) is 4.58. The summed E-state index contributed by atoms with van der Waals surface area (Å²) in [5, 5.41) is 8.61. The van der Waals surface area contributed by atoms with Crippen LogP contribution in [-0.4, -0.2) is 19.0 Å². The molecule has 3 nitrogen and oxygen atoms in total. The van der Waals surface area contributed by atoms with E-state index in [-0.39, 0.29) is 29.8 Å². The van der Waals surface area contributed by atoms with E-state index in [0.717, 1.165) is 31.0 Å². The van der Waals surface area contributed by atoms with E-state index in [1.54, 1.807) is 23.5 Å². The lowest BCUT2D eigenvalue weighted by Gasteiger charge is -2.10. The van der Waals surface area contributed by atoms with Crippen molar-refractivity contribution in [2.75, 3.05) is 13.1 Å². The van der Waals surface area contributed by atoms with Crippen LogP contribution in [0.2, 0.25) is 0 Å². The van der Waals surface area contributed by atoms with Crippen molar-refractivity contribution in [3.05, 3.63) is 58.0 Å². The molecule has 0 aliphatic carbocycles. The fraction of sp³-hybridized carbons (Fsp3) is 0.312. The Morgan fingerprint density at radius 2 is 1.95 bits per heavy atom. The highest BCUT2D eigenvalue weighted by molar-refractivity contribution is 14.0. The molecule has 0 aliphatic heterocycles. The first-order valence-corrected chi connectivity index (χ1v) is 7.95. The molecule has 0 saturated carbocycles. The van der Waals surface area contributed by atoms with Crippen molar-refractivity contribution in [2.24, 2.45) is 4.99 Å². The maximum absolute atomic E-state index is 12.8. The van der Waals surface area contributed by atoms with Gasteiger partial charge in [0.2, 0.25) is 0 Å². The number of nitrogens with zero attached hydrogens (tertiary/aromatic N) is 1. The minimum Gasteiger partial charge on any atom is -0.357 e. The zero-order chi connectivity index (χ0) is 14.9. The van der Waals surface area contributed by atoms with Gasteiger partial charge in [0.25, 0.3) is 0 Å². The molecule has 0 saturated heterocycles. The predicted molar refractivity (Wildman–Crippen MR) is 103 cm³/mol. The molecule has 0 fully saturated rings. The third-order valence-corrected chi connectivity index (χ3v) is 3.86. The molecule has 0 unspecified atom stereocenters. The van der Waals surface area contributed by atoms with E-state index in [1.165, 1.54) is 17.0 Å². The third kappa shape index (κ3) is 6.74. The molecule has 0 atom stereocenters. The van der Waals surface area contributed by atoms with Crippen LogP contribution in [0, 0.1) is 5.82 Å². The number of halogens is 2. The molecule has 120 valence electrons. The highest BCUT2D eigenvalue weighted by atomic mass is 127. The van der Waals surface area contributed by atoms with Gasteiger partial charge in [0.15, 0.2) is 5.96 Å². The van der Waals surface area contributed by atoms with Gasteiger partial charge in [-0.3, -0.25) is 0 Å². The Kier molecular flexibility index (Phi) is 9.07. The van der Waals surface area contributed by atoms with Crippen LogP contribution >= 0.6 is 35.3 Å². The lowest BCUT2D eigenvalue weighted by Crippen LogP contribution is -2.38. The van der Waals surface area contributed by atoms with E-state index >= 15 is 0 Å². The van der Waals surface area contributed by atoms with Crippen LogP contribution in [0.25, 0.3) is 0 Å².